The van der Waals surface area contributed by atoms with Crippen molar-refractivity contribution in [1.82, 2.24) is 9.80 Å². The third-order valence-electron chi connectivity index (χ3n) is 4.10. The van der Waals surface area contributed by atoms with E-state index in [-0.39, 0.29) is 29.0 Å². The normalized spacial score (nSPS) is 23.0. The standard InChI is InChI=1S/C15H20N2O4S/c1-11-15(19)17(12(2)14(18)16(11)3)9-10-22(20,21)13-7-5-4-6-8-13/h4-8,11-12H,9-10H2,1-3H3/t11-,12-/m0/s1. The molecule has 1 aromatic rings. The number of hydrogen-bond acceptors (Lipinski definition) is 4. The first-order valence-electron chi connectivity index (χ1n) is 7.10. The highest BCUT2D eigenvalue weighted by atomic mass is 32.2. The van der Waals surface area contributed by atoms with Gasteiger partial charge in [0, 0.05) is 13.6 Å². The van der Waals surface area contributed by atoms with Crippen molar-refractivity contribution in [3.8, 4) is 0 Å². The van der Waals surface area contributed by atoms with E-state index < -0.39 is 21.9 Å². The summed E-state index contributed by atoms with van der Waals surface area (Å²) in [5.41, 5.74) is 0. The van der Waals surface area contributed by atoms with Crippen LogP contribution in [0.15, 0.2) is 35.2 Å². The molecule has 1 aliphatic heterocycles. The van der Waals surface area contributed by atoms with Crippen LogP contribution in [-0.2, 0) is 19.4 Å². The number of nitrogens with zero attached hydrogens (tertiary/aromatic N) is 2. The fourth-order valence-electron chi connectivity index (χ4n) is 2.48. The molecule has 1 saturated heterocycles. The highest BCUT2D eigenvalue weighted by Gasteiger charge is 2.40. The van der Waals surface area contributed by atoms with Gasteiger partial charge in [-0.2, -0.15) is 0 Å². The van der Waals surface area contributed by atoms with Crippen LogP contribution in [0.1, 0.15) is 13.8 Å². The van der Waals surface area contributed by atoms with Crippen LogP contribution in [-0.4, -0.2) is 61.5 Å². The van der Waals surface area contributed by atoms with Gasteiger partial charge in [-0.3, -0.25) is 9.59 Å². The van der Waals surface area contributed by atoms with Crippen LogP contribution in [0, 0.1) is 0 Å². The van der Waals surface area contributed by atoms with E-state index in [9.17, 15) is 18.0 Å². The monoisotopic (exact) mass is 324 g/mol. The molecule has 0 bridgehead atoms. The summed E-state index contributed by atoms with van der Waals surface area (Å²) in [7, 11) is -1.89. The maximum Gasteiger partial charge on any atom is 0.245 e. The highest BCUT2D eigenvalue weighted by Crippen LogP contribution is 2.18. The second-order valence-electron chi connectivity index (χ2n) is 5.46. The van der Waals surface area contributed by atoms with Crippen molar-refractivity contribution in [2.45, 2.75) is 30.8 Å². The number of benzene rings is 1. The minimum absolute atomic E-state index is 0.0150. The quantitative estimate of drug-likeness (QED) is 0.810. The third kappa shape index (κ3) is 2.99. The Morgan fingerprint density at radius 2 is 1.59 bits per heavy atom. The van der Waals surface area contributed by atoms with Gasteiger partial charge in [0.2, 0.25) is 11.8 Å². The zero-order valence-corrected chi connectivity index (χ0v) is 13.7. The average molecular weight is 324 g/mol. The number of piperazine rings is 1. The lowest BCUT2D eigenvalue weighted by atomic mass is 10.1. The summed E-state index contributed by atoms with van der Waals surface area (Å²) in [6.45, 7) is 3.28. The van der Waals surface area contributed by atoms with Crippen LogP contribution >= 0.6 is 0 Å². The van der Waals surface area contributed by atoms with E-state index in [1.54, 1.807) is 39.1 Å². The zero-order chi connectivity index (χ0) is 16.5. The Morgan fingerprint density at radius 3 is 2.18 bits per heavy atom. The Bertz CT molecular complexity index is 672. The van der Waals surface area contributed by atoms with Gasteiger partial charge in [0.15, 0.2) is 9.84 Å². The molecular weight excluding hydrogens is 304 g/mol. The lowest BCUT2D eigenvalue weighted by Gasteiger charge is -2.41. The van der Waals surface area contributed by atoms with E-state index in [1.807, 2.05) is 0 Å². The summed E-state index contributed by atoms with van der Waals surface area (Å²) in [6.07, 6.45) is 0. The lowest BCUT2D eigenvalue weighted by Crippen LogP contribution is -2.62. The van der Waals surface area contributed by atoms with Crippen LogP contribution in [0.5, 0.6) is 0 Å². The van der Waals surface area contributed by atoms with E-state index in [0.29, 0.717) is 0 Å². The van der Waals surface area contributed by atoms with Gasteiger partial charge in [0.25, 0.3) is 0 Å². The molecule has 0 radical (unpaired) electrons. The number of rotatable bonds is 4. The maximum absolute atomic E-state index is 12.3. The molecule has 120 valence electrons. The summed E-state index contributed by atoms with van der Waals surface area (Å²) in [5.74, 6) is -0.598. The number of hydrogen-bond donors (Lipinski definition) is 0. The fraction of sp³-hybridized carbons (Fsp3) is 0.467. The largest absolute Gasteiger partial charge is 0.332 e. The predicted octanol–water partition coefficient (Wildman–Crippen LogP) is 0.538. The molecule has 22 heavy (non-hydrogen) atoms. The van der Waals surface area contributed by atoms with Gasteiger partial charge in [-0.15, -0.1) is 0 Å². The van der Waals surface area contributed by atoms with Crippen molar-refractivity contribution in [1.29, 1.82) is 0 Å². The predicted molar refractivity (Wildman–Crippen MR) is 81.9 cm³/mol. The molecule has 2 atom stereocenters. The summed E-state index contributed by atoms with van der Waals surface area (Å²) in [4.78, 5) is 27.3. The molecule has 0 aliphatic carbocycles. The Morgan fingerprint density at radius 1 is 1.00 bits per heavy atom. The molecule has 0 N–H and O–H groups in total. The van der Waals surface area contributed by atoms with Crippen LogP contribution in [0.2, 0.25) is 0 Å². The topological polar surface area (TPSA) is 74.8 Å². The fourth-order valence-corrected chi connectivity index (χ4v) is 3.73. The molecule has 2 rings (SSSR count). The first kappa shape index (κ1) is 16.5. The van der Waals surface area contributed by atoms with Gasteiger partial charge in [-0.1, -0.05) is 18.2 Å². The molecule has 7 heteroatoms. The van der Waals surface area contributed by atoms with Crippen LogP contribution in [0.3, 0.4) is 0 Å². The van der Waals surface area contributed by atoms with Crippen molar-refractivity contribution >= 4 is 21.7 Å². The van der Waals surface area contributed by atoms with Crippen molar-refractivity contribution < 1.29 is 18.0 Å². The number of likely N-dealkylation sites (N-methyl/N-ethyl adjacent to an activating group) is 1. The minimum atomic E-state index is -3.47. The minimum Gasteiger partial charge on any atom is -0.332 e. The third-order valence-corrected chi connectivity index (χ3v) is 5.81. The smallest absolute Gasteiger partial charge is 0.245 e. The molecule has 0 unspecified atom stereocenters. The summed E-state index contributed by atoms with van der Waals surface area (Å²) in [5, 5.41) is 0. The van der Waals surface area contributed by atoms with Crippen LogP contribution in [0.25, 0.3) is 0 Å². The zero-order valence-electron chi connectivity index (χ0n) is 12.9. The van der Waals surface area contributed by atoms with Crippen LogP contribution in [0.4, 0.5) is 0 Å². The average Bonchev–Trinajstić information content (AvgIpc) is 2.52. The SMILES string of the molecule is C[C@H]1C(=O)N(CCS(=O)(=O)c2ccccc2)[C@@H](C)C(=O)N1C. The van der Waals surface area contributed by atoms with E-state index in [0.717, 1.165) is 0 Å². The molecule has 2 amide bonds. The molecule has 0 spiro atoms. The van der Waals surface area contributed by atoms with E-state index >= 15 is 0 Å². The first-order valence-corrected chi connectivity index (χ1v) is 8.76. The summed E-state index contributed by atoms with van der Waals surface area (Å²) >= 11 is 0. The van der Waals surface area contributed by atoms with Gasteiger partial charge in [0.05, 0.1) is 10.6 Å². The second-order valence-corrected chi connectivity index (χ2v) is 7.57. The Kier molecular flexibility index (Phi) is 4.55. The second kappa shape index (κ2) is 6.08. The Labute approximate surface area is 130 Å². The number of sulfone groups is 1. The van der Waals surface area contributed by atoms with Crippen molar-refractivity contribution in [3.63, 3.8) is 0 Å². The van der Waals surface area contributed by atoms with E-state index in [4.69, 9.17) is 0 Å². The van der Waals surface area contributed by atoms with Gasteiger partial charge < -0.3 is 9.80 Å². The number of carbonyl (C=O) groups is 2. The molecule has 1 heterocycles. The van der Waals surface area contributed by atoms with Crippen LogP contribution < -0.4 is 0 Å². The molecule has 1 fully saturated rings. The molecule has 0 saturated carbocycles. The Hall–Kier alpha value is -1.89. The molecule has 6 nitrogen and oxygen atoms in total. The summed E-state index contributed by atoms with van der Waals surface area (Å²) in [6, 6.07) is 6.90. The van der Waals surface area contributed by atoms with Crippen molar-refractivity contribution in [3.05, 3.63) is 30.3 Å². The van der Waals surface area contributed by atoms with Crippen molar-refractivity contribution in [2.75, 3.05) is 19.3 Å². The van der Waals surface area contributed by atoms with Gasteiger partial charge in [-0.05, 0) is 26.0 Å². The molecule has 1 aliphatic rings. The van der Waals surface area contributed by atoms with E-state index in [1.165, 1.54) is 21.9 Å². The lowest BCUT2D eigenvalue weighted by molar-refractivity contribution is -0.158. The van der Waals surface area contributed by atoms with Crippen molar-refractivity contribution in [2.24, 2.45) is 0 Å². The van der Waals surface area contributed by atoms with E-state index in [2.05, 4.69) is 0 Å². The Balaban J connectivity index is 2.14. The summed E-state index contributed by atoms with van der Waals surface area (Å²) < 4.78 is 24.6. The maximum atomic E-state index is 12.3. The number of carbonyl (C=O) groups excluding carboxylic acids is 2. The van der Waals surface area contributed by atoms with Gasteiger partial charge in [-0.25, -0.2) is 8.42 Å². The van der Waals surface area contributed by atoms with Gasteiger partial charge in [0.1, 0.15) is 12.1 Å². The van der Waals surface area contributed by atoms with Gasteiger partial charge >= 0.3 is 0 Å². The number of amides is 2. The molecular formula is C15H20N2O4S. The molecule has 0 aromatic heterocycles. The molecule has 1 aromatic carbocycles. The highest BCUT2D eigenvalue weighted by molar-refractivity contribution is 7.91. The first-order chi connectivity index (χ1) is 10.3.